The van der Waals surface area contributed by atoms with Crippen LogP contribution >= 0.6 is 0 Å². The van der Waals surface area contributed by atoms with E-state index in [0.29, 0.717) is 18.4 Å². The molecule has 0 unspecified atom stereocenters. The number of rotatable bonds is 8. The second-order valence-corrected chi connectivity index (χ2v) is 8.04. The fourth-order valence-electron chi connectivity index (χ4n) is 4.38. The van der Waals surface area contributed by atoms with Gasteiger partial charge in [-0.25, -0.2) is 4.39 Å². The summed E-state index contributed by atoms with van der Waals surface area (Å²) in [5.74, 6) is 2.87. The summed E-state index contributed by atoms with van der Waals surface area (Å²) in [5.41, 5.74) is 1.21. The molecule has 4 rings (SSSR count). The van der Waals surface area contributed by atoms with E-state index in [1.807, 2.05) is 30.3 Å². The molecule has 5 heteroatoms. The molecule has 0 N–H and O–H groups in total. The maximum atomic E-state index is 13.4. The average Bonchev–Trinajstić information content (AvgIpc) is 3.21. The standard InChI is InChI=1S/C24H30FNO3/c1-2-3-4-12-26-13-11-22(18-5-7-20(25)8-6-18)19(15-26)16-27-21-9-10-23-24(14-21)29-17-28-23/h5-10,14,19,22H,2-4,11-13,15-17H2,1H3/t19-,22-/m0/s1. The lowest BCUT2D eigenvalue weighted by molar-refractivity contribution is 0.109. The first-order chi connectivity index (χ1) is 14.2. The number of hydrogen-bond donors (Lipinski definition) is 0. The second-order valence-electron chi connectivity index (χ2n) is 8.04. The molecule has 2 heterocycles. The number of hydrogen-bond acceptors (Lipinski definition) is 4. The van der Waals surface area contributed by atoms with E-state index in [4.69, 9.17) is 14.2 Å². The summed E-state index contributed by atoms with van der Waals surface area (Å²) in [5, 5.41) is 0. The fraction of sp³-hybridized carbons (Fsp3) is 0.500. The first kappa shape index (κ1) is 20.0. The third kappa shape index (κ3) is 5.02. The van der Waals surface area contributed by atoms with Gasteiger partial charge in [0.15, 0.2) is 11.5 Å². The molecule has 0 aromatic heterocycles. The Morgan fingerprint density at radius 2 is 1.90 bits per heavy atom. The van der Waals surface area contributed by atoms with Crippen LogP contribution in [0.2, 0.25) is 0 Å². The Morgan fingerprint density at radius 1 is 1.07 bits per heavy atom. The van der Waals surface area contributed by atoms with Gasteiger partial charge in [-0.05, 0) is 61.7 Å². The van der Waals surface area contributed by atoms with Gasteiger partial charge in [-0.3, -0.25) is 0 Å². The van der Waals surface area contributed by atoms with Gasteiger partial charge in [-0.15, -0.1) is 0 Å². The summed E-state index contributed by atoms with van der Waals surface area (Å²) in [6, 6.07) is 12.7. The molecule has 1 saturated heterocycles. The highest BCUT2D eigenvalue weighted by atomic mass is 19.1. The van der Waals surface area contributed by atoms with E-state index < -0.39 is 0 Å². The van der Waals surface area contributed by atoms with Crippen molar-refractivity contribution in [2.75, 3.05) is 33.0 Å². The van der Waals surface area contributed by atoms with Crippen LogP contribution in [0.4, 0.5) is 4.39 Å². The Labute approximate surface area is 172 Å². The topological polar surface area (TPSA) is 30.9 Å². The monoisotopic (exact) mass is 399 g/mol. The minimum Gasteiger partial charge on any atom is -0.493 e. The number of ether oxygens (including phenoxy) is 3. The van der Waals surface area contributed by atoms with E-state index >= 15 is 0 Å². The highest BCUT2D eigenvalue weighted by molar-refractivity contribution is 5.46. The lowest BCUT2D eigenvalue weighted by Crippen LogP contribution is -2.42. The predicted octanol–water partition coefficient (Wildman–Crippen LogP) is 5.23. The van der Waals surface area contributed by atoms with Crippen LogP contribution in [0.15, 0.2) is 42.5 Å². The molecule has 4 nitrogen and oxygen atoms in total. The Bertz CT molecular complexity index is 795. The minimum atomic E-state index is -0.182. The fourth-order valence-corrected chi connectivity index (χ4v) is 4.38. The van der Waals surface area contributed by atoms with E-state index in [1.165, 1.54) is 24.8 Å². The van der Waals surface area contributed by atoms with Crippen molar-refractivity contribution in [3.8, 4) is 17.2 Å². The van der Waals surface area contributed by atoms with Crippen molar-refractivity contribution < 1.29 is 18.6 Å². The van der Waals surface area contributed by atoms with Gasteiger partial charge in [0.25, 0.3) is 0 Å². The van der Waals surface area contributed by atoms with Gasteiger partial charge in [0.05, 0.1) is 6.61 Å². The predicted molar refractivity (Wildman–Crippen MR) is 111 cm³/mol. The number of unbranched alkanes of at least 4 members (excludes halogenated alkanes) is 2. The van der Waals surface area contributed by atoms with Gasteiger partial charge in [0, 0.05) is 18.5 Å². The number of fused-ring (bicyclic) bond motifs is 1. The normalized spacial score (nSPS) is 21.3. The smallest absolute Gasteiger partial charge is 0.231 e. The van der Waals surface area contributed by atoms with Crippen molar-refractivity contribution in [3.63, 3.8) is 0 Å². The Kier molecular flexibility index (Phi) is 6.55. The summed E-state index contributed by atoms with van der Waals surface area (Å²) < 4.78 is 30.4. The van der Waals surface area contributed by atoms with Crippen molar-refractivity contribution in [2.45, 2.75) is 38.5 Å². The van der Waals surface area contributed by atoms with Crippen molar-refractivity contribution in [2.24, 2.45) is 5.92 Å². The van der Waals surface area contributed by atoms with Crippen LogP contribution < -0.4 is 14.2 Å². The number of likely N-dealkylation sites (tertiary alicyclic amines) is 1. The van der Waals surface area contributed by atoms with Gasteiger partial charge < -0.3 is 19.1 Å². The maximum Gasteiger partial charge on any atom is 0.231 e. The zero-order valence-electron chi connectivity index (χ0n) is 17.1. The summed E-state index contributed by atoms with van der Waals surface area (Å²) in [6.45, 7) is 6.38. The molecule has 29 heavy (non-hydrogen) atoms. The first-order valence-electron chi connectivity index (χ1n) is 10.7. The lowest BCUT2D eigenvalue weighted by Gasteiger charge is -2.39. The quantitative estimate of drug-likeness (QED) is 0.569. The zero-order valence-corrected chi connectivity index (χ0v) is 17.1. The van der Waals surface area contributed by atoms with Gasteiger partial charge >= 0.3 is 0 Å². The van der Waals surface area contributed by atoms with Crippen LogP contribution in [0.25, 0.3) is 0 Å². The Balaban J connectivity index is 1.44. The molecule has 2 atom stereocenters. The highest BCUT2D eigenvalue weighted by Crippen LogP contribution is 2.37. The van der Waals surface area contributed by atoms with Crippen molar-refractivity contribution in [3.05, 3.63) is 53.8 Å². The molecule has 0 saturated carbocycles. The number of nitrogens with zero attached hydrogens (tertiary/aromatic N) is 1. The first-order valence-corrected chi connectivity index (χ1v) is 10.7. The average molecular weight is 400 g/mol. The molecule has 156 valence electrons. The van der Waals surface area contributed by atoms with Crippen molar-refractivity contribution in [1.29, 1.82) is 0 Å². The second kappa shape index (κ2) is 9.49. The van der Waals surface area contributed by atoms with Crippen LogP contribution in [-0.4, -0.2) is 37.9 Å². The lowest BCUT2D eigenvalue weighted by atomic mass is 9.80. The third-order valence-corrected chi connectivity index (χ3v) is 6.00. The maximum absolute atomic E-state index is 13.4. The van der Waals surface area contributed by atoms with Gasteiger partial charge in [-0.2, -0.15) is 0 Å². The zero-order chi connectivity index (χ0) is 20.1. The largest absolute Gasteiger partial charge is 0.493 e. The molecular formula is C24H30FNO3. The van der Waals surface area contributed by atoms with Crippen molar-refractivity contribution in [1.82, 2.24) is 4.90 Å². The van der Waals surface area contributed by atoms with Crippen LogP contribution in [0.5, 0.6) is 17.2 Å². The number of halogens is 1. The van der Waals surface area contributed by atoms with E-state index in [-0.39, 0.29) is 12.6 Å². The third-order valence-electron chi connectivity index (χ3n) is 6.00. The Hall–Kier alpha value is -2.27. The van der Waals surface area contributed by atoms with Crippen molar-refractivity contribution >= 4 is 0 Å². The molecular weight excluding hydrogens is 369 g/mol. The molecule has 0 bridgehead atoms. The van der Waals surface area contributed by atoms with Crippen LogP contribution in [0.3, 0.4) is 0 Å². The van der Waals surface area contributed by atoms with E-state index in [2.05, 4.69) is 11.8 Å². The molecule has 2 aliphatic rings. The Morgan fingerprint density at radius 3 is 2.72 bits per heavy atom. The van der Waals surface area contributed by atoms with E-state index in [9.17, 15) is 4.39 Å². The van der Waals surface area contributed by atoms with Crippen LogP contribution in [-0.2, 0) is 0 Å². The molecule has 0 radical (unpaired) electrons. The van der Waals surface area contributed by atoms with Crippen LogP contribution in [0.1, 0.15) is 44.1 Å². The molecule has 2 aromatic rings. The minimum absolute atomic E-state index is 0.182. The molecule has 0 spiro atoms. The molecule has 1 fully saturated rings. The van der Waals surface area contributed by atoms with E-state index in [0.717, 1.165) is 43.3 Å². The number of piperidine rings is 1. The van der Waals surface area contributed by atoms with Gasteiger partial charge in [0.1, 0.15) is 11.6 Å². The van der Waals surface area contributed by atoms with Gasteiger partial charge in [-0.1, -0.05) is 31.9 Å². The van der Waals surface area contributed by atoms with E-state index in [1.54, 1.807) is 12.1 Å². The van der Waals surface area contributed by atoms with Crippen LogP contribution in [0, 0.1) is 11.7 Å². The SMILES string of the molecule is CCCCCN1CC[C@@H](c2ccc(F)cc2)[C@H](COc2ccc3c(c2)OCO3)C1. The van der Waals surface area contributed by atoms with Gasteiger partial charge in [0.2, 0.25) is 6.79 Å². The summed E-state index contributed by atoms with van der Waals surface area (Å²) >= 11 is 0. The summed E-state index contributed by atoms with van der Waals surface area (Å²) in [6.07, 6.45) is 4.83. The molecule has 2 aliphatic heterocycles. The molecule has 0 aliphatic carbocycles. The molecule has 2 aromatic carbocycles. The summed E-state index contributed by atoms with van der Waals surface area (Å²) in [4.78, 5) is 2.56. The molecule has 0 amide bonds. The highest BCUT2D eigenvalue weighted by Gasteiger charge is 2.31. The number of benzene rings is 2. The summed E-state index contributed by atoms with van der Waals surface area (Å²) in [7, 11) is 0.